The minimum absolute atomic E-state index is 0.0130. The van der Waals surface area contributed by atoms with Crippen LogP contribution in [0.15, 0.2) is 36.5 Å². The highest BCUT2D eigenvalue weighted by molar-refractivity contribution is 5.76. The molecular formula is C69H131NO5. The van der Waals surface area contributed by atoms with Gasteiger partial charge in [0.05, 0.1) is 25.4 Å². The monoisotopic (exact) mass is 1050 g/mol. The van der Waals surface area contributed by atoms with E-state index in [1.54, 1.807) is 6.08 Å². The highest BCUT2D eigenvalue weighted by atomic mass is 16.5. The van der Waals surface area contributed by atoms with Crippen LogP contribution in [0.1, 0.15) is 367 Å². The van der Waals surface area contributed by atoms with Crippen LogP contribution in [0, 0.1) is 0 Å². The number of ether oxygens (including phenoxy) is 1. The third-order valence-corrected chi connectivity index (χ3v) is 15.6. The summed E-state index contributed by atoms with van der Waals surface area (Å²) in [7, 11) is 0. The zero-order valence-electron chi connectivity index (χ0n) is 50.5. The molecule has 0 aliphatic rings. The van der Waals surface area contributed by atoms with E-state index < -0.39 is 12.1 Å². The largest absolute Gasteiger partial charge is 0.466 e. The topological polar surface area (TPSA) is 95.9 Å². The second kappa shape index (κ2) is 64.6. The number of nitrogens with one attached hydrogen (secondary N) is 1. The Hall–Kier alpha value is -1.92. The highest BCUT2D eigenvalue weighted by Gasteiger charge is 2.18. The van der Waals surface area contributed by atoms with Gasteiger partial charge in [-0.15, -0.1) is 0 Å². The Balaban J connectivity index is 3.36. The zero-order valence-corrected chi connectivity index (χ0v) is 50.5. The highest BCUT2D eigenvalue weighted by Crippen LogP contribution is 2.18. The number of carbonyl (C=O) groups excluding carboxylic acids is 2. The van der Waals surface area contributed by atoms with Gasteiger partial charge in [0.2, 0.25) is 5.91 Å². The van der Waals surface area contributed by atoms with Gasteiger partial charge in [-0.2, -0.15) is 0 Å². The van der Waals surface area contributed by atoms with Crippen LogP contribution in [-0.4, -0.2) is 47.4 Å². The van der Waals surface area contributed by atoms with E-state index in [0.29, 0.717) is 19.4 Å². The fourth-order valence-electron chi connectivity index (χ4n) is 10.4. The molecule has 0 aliphatic carbocycles. The van der Waals surface area contributed by atoms with Crippen molar-refractivity contribution in [1.29, 1.82) is 0 Å². The number of hydrogen-bond acceptors (Lipinski definition) is 5. The predicted octanol–water partition coefficient (Wildman–Crippen LogP) is 21.5. The first kappa shape index (κ1) is 73.1. The number of aliphatic hydroxyl groups excluding tert-OH is 2. The van der Waals surface area contributed by atoms with Crippen molar-refractivity contribution in [2.24, 2.45) is 0 Å². The van der Waals surface area contributed by atoms with E-state index in [9.17, 15) is 19.8 Å². The molecule has 0 aromatic carbocycles. The molecule has 0 saturated carbocycles. The first-order valence-electron chi connectivity index (χ1n) is 33.8. The van der Waals surface area contributed by atoms with E-state index in [1.165, 1.54) is 295 Å². The van der Waals surface area contributed by atoms with Crippen LogP contribution < -0.4 is 5.32 Å². The summed E-state index contributed by atoms with van der Waals surface area (Å²) in [6.45, 7) is 4.91. The van der Waals surface area contributed by atoms with E-state index in [1.807, 2.05) is 6.08 Å². The lowest BCUT2D eigenvalue weighted by molar-refractivity contribution is -0.143. The maximum Gasteiger partial charge on any atom is 0.305 e. The van der Waals surface area contributed by atoms with Gasteiger partial charge < -0.3 is 20.3 Å². The molecule has 0 heterocycles. The third-order valence-electron chi connectivity index (χ3n) is 15.6. The fraction of sp³-hybridized carbons (Fsp3) is 0.884. The zero-order chi connectivity index (χ0) is 54.3. The molecule has 442 valence electrons. The number of aliphatic hydroxyl groups is 2. The molecule has 0 aromatic heterocycles. The SMILES string of the molecule is CCCCCCCC/C=C\CCCCCCCCCC(=O)OCCCCCCCCCCCCCC/C=C\CCCCCCCCCCCCCCCC(=O)NC(CO)C(O)/C=C/CCCCCCCCCCCC. The Morgan fingerprint density at radius 3 is 0.947 bits per heavy atom. The summed E-state index contributed by atoms with van der Waals surface area (Å²) in [5, 5.41) is 23.1. The lowest BCUT2D eigenvalue weighted by Crippen LogP contribution is -2.45. The van der Waals surface area contributed by atoms with Gasteiger partial charge in [0, 0.05) is 12.8 Å². The average molecular weight is 1050 g/mol. The fourth-order valence-corrected chi connectivity index (χ4v) is 10.4. The molecule has 0 bridgehead atoms. The molecule has 75 heavy (non-hydrogen) atoms. The van der Waals surface area contributed by atoms with E-state index >= 15 is 0 Å². The molecule has 1 amide bonds. The van der Waals surface area contributed by atoms with Crippen molar-refractivity contribution in [3.8, 4) is 0 Å². The van der Waals surface area contributed by atoms with E-state index in [-0.39, 0.29) is 18.5 Å². The number of allylic oxidation sites excluding steroid dienone is 5. The Kier molecular flexibility index (Phi) is 63.0. The Labute approximate surface area is 468 Å². The van der Waals surface area contributed by atoms with Crippen molar-refractivity contribution in [2.45, 2.75) is 379 Å². The van der Waals surface area contributed by atoms with Crippen molar-refractivity contribution in [2.75, 3.05) is 13.2 Å². The Morgan fingerprint density at radius 1 is 0.360 bits per heavy atom. The summed E-state index contributed by atoms with van der Waals surface area (Å²) in [6, 6.07) is -0.626. The van der Waals surface area contributed by atoms with Crippen LogP contribution in [0.5, 0.6) is 0 Å². The van der Waals surface area contributed by atoms with Gasteiger partial charge in [-0.1, -0.05) is 307 Å². The van der Waals surface area contributed by atoms with Gasteiger partial charge >= 0.3 is 5.97 Å². The maximum absolute atomic E-state index is 12.4. The van der Waals surface area contributed by atoms with Gasteiger partial charge in [-0.25, -0.2) is 0 Å². The van der Waals surface area contributed by atoms with Crippen molar-refractivity contribution in [3.63, 3.8) is 0 Å². The lowest BCUT2D eigenvalue weighted by atomic mass is 10.0. The summed E-state index contributed by atoms with van der Waals surface area (Å²) in [6.07, 6.45) is 82.2. The predicted molar refractivity (Wildman–Crippen MR) is 329 cm³/mol. The van der Waals surface area contributed by atoms with Crippen molar-refractivity contribution < 1.29 is 24.5 Å². The summed E-state index contributed by atoms with van der Waals surface area (Å²) < 4.78 is 5.50. The first-order valence-corrected chi connectivity index (χ1v) is 33.8. The number of carbonyl (C=O) groups is 2. The molecule has 0 aliphatic heterocycles. The molecule has 0 radical (unpaired) electrons. The summed E-state index contributed by atoms with van der Waals surface area (Å²) in [5.74, 6) is -0.0538. The average Bonchev–Trinajstić information content (AvgIpc) is 3.41. The molecule has 0 rings (SSSR count). The number of esters is 1. The normalized spacial score (nSPS) is 12.7. The molecule has 0 spiro atoms. The van der Waals surface area contributed by atoms with Gasteiger partial charge in [0.1, 0.15) is 0 Å². The molecule has 0 aromatic rings. The standard InChI is InChI=1S/C69H131NO5/c1-3-5-7-9-11-13-15-17-18-32-36-39-43-47-51-55-59-63-69(74)75-64-60-56-52-48-44-40-37-34-31-29-27-25-23-21-19-20-22-24-26-28-30-33-35-38-42-46-50-54-58-62-68(73)70-66(65-71)67(72)61-57-53-49-45-41-16-14-12-10-8-6-4-2/h17-19,21,57,61,66-67,71-72H,3-16,20,22-56,58-60,62-65H2,1-2H3,(H,70,73)/b18-17-,21-19-,61-57+. The molecule has 6 nitrogen and oxygen atoms in total. The van der Waals surface area contributed by atoms with Gasteiger partial charge in [-0.3, -0.25) is 9.59 Å². The number of amides is 1. The van der Waals surface area contributed by atoms with Crippen molar-refractivity contribution in [1.82, 2.24) is 5.32 Å². The molecule has 0 fully saturated rings. The van der Waals surface area contributed by atoms with Crippen LogP contribution >= 0.6 is 0 Å². The molecule has 6 heteroatoms. The van der Waals surface area contributed by atoms with Crippen molar-refractivity contribution in [3.05, 3.63) is 36.5 Å². The number of rotatable bonds is 63. The van der Waals surface area contributed by atoms with Gasteiger partial charge in [0.15, 0.2) is 0 Å². The lowest BCUT2D eigenvalue weighted by Gasteiger charge is -2.20. The molecule has 2 unspecified atom stereocenters. The van der Waals surface area contributed by atoms with E-state index in [4.69, 9.17) is 4.74 Å². The number of unbranched alkanes of at least 4 members (excludes halogenated alkanes) is 48. The Bertz CT molecular complexity index is 1210. The van der Waals surface area contributed by atoms with Gasteiger partial charge in [-0.05, 0) is 83.5 Å². The minimum atomic E-state index is -0.843. The quantitative estimate of drug-likeness (QED) is 0.0320. The molecule has 2 atom stereocenters. The van der Waals surface area contributed by atoms with Crippen LogP contribution in [0.3, 0.4) is 0 Å². The number of hydrogen-bond donors (Lipinski definition) is 3. The van der Waals surface area contributed by atoms with Crippen LogP contribution in [0.25, 0.3) is 0 Å². The van der Waals surface area contributed by atoms with E-state index in [0.717, 1.165) is 44.9 Å². The van der Waals surface area contributed by atoms with Crippen LogP contribution in [0.4, 0.5) is 0 Å². The Morgan fingerprint density at radius 2 is 0.627 bits per heavy atom. The van der Waals surface area contributed by atoms with Crippen LogP contribution in [0.2, 0.25) is 0 Å². The first-order chi connectivity index (χ1) is 37.0. The van der Waals surface area contributed by atoms with Crippen LogP contribution in [-0.2, 0) is 14.3 Å². The van der Waals surface area contributed by atoms with Crippen molar-refractivity contribution >= 4 is 11.9 Å². The third kappa shape index (κ3) is 61.2. The van der Waals surface area contributed by atoms with Gasteiger partial charge in [0.25, 0.3) is 0 Å². The molecular weight excluding hydrogens is 923 g/mol. The second-order valence-electron chi connectivity index (χ2n) is 23.1. The summed E-state index contributed by atoms with van der Waals surface area (Å²) in [5.41, 5.74) is 0. The molecule has 0 saturated heterocycles. The summed E-state index contributed by atoms with van der Waals surface area (Å²) in [4.78, 5) is 24.5. The van der Waals surface area contributed by atoms with E-state index in [2.05, 4.69) is 43.5 Å². The minimum Gasteiger partial charge on any atom is -0.466 e. The maximum atomic E-state index is 12.4. The second-order valence-corrected chi connectivity index (χ2v) is 23.1. The molecule has 3 N–H and O–H groups in total. The smallest absolute Gasteiger partial charge is 0.305 e. The summed E-state index contributed by atoms with van der Waals surface area (Å²) >= 11 is 0.